The van der Waals surface area contributed by atoms with Gasteiger partial charge in [-0.05, 0) is 186 Å². The molecular weight excluding hydrogens is 932 g/mol. The van der Waals surface area contributed by atoms with E-state index in [1.165, 1.54) is 107 Å². The molecule has 3 unspecified atom stereocenters. The third-order valence-corrected chi connectivity index (χ3v) is 20.3. The van der Waals surface area contributed by atoms with Crippen molar-refractivity contribution in [1.82, 2.24) is 0 Å². The third kappa shape index (κ3) is 7.49. The number of furan rings is 1. The molecule has 8 aromatic rings. The maximum absolute atomic E-state index is 7.80. The molecule has 13 rings (SSSR count). The van der Waals surface area contributed by atoms with Gasteiger partial charge in [-0.3, -0.25) is 0 Å². The van der Waals surface area contributed by atoms with Gasteiger partial charge in [-0.25, -0.2) is 0 Å². The van der Waals surface area contributed by atoms with Gasteiger partial charge in [0.25, 0.3) is 6.71 Å². The summed E-state index contributed by atoms with van der Waals surface area (Å²) in [4.78, 5) is 5.48. The molecule has 0 amide bonds. The van der Waals surface area contributed by atoms with Gasteiger partial charge in [0, 0.05) is 39.2 Å². The average Bonchev–Trinajstić information content (AvgIpc) is 2.86. The van der Waals surface area contributed by atoms with Crippen LogP contribution in [-0.4, -0.2) is 12.3 Å². The molecule has 1 saturated carbocycles. The van der Waals surface area contributed by atoms with Crippen LogP contribution < -0.4 is 26.2 Å². The molecule has 1 fully saturated rings. The molecule has 0 N–H and O–H groups in total. The van der Waals surface area contributed by atoms with Gasteiger partial charge >= 0.3 is 0 Å². The first kappa shape index (κ1) is 50.3. The van der Waals surface area contributed by atoms with Crippen LogP contribution in [0.3, 0.4) is 0 Å². The van der Waals surface area contributed by atoms with Crippen LogP contribution in [0.25, 0.3) is 22.1 Å². The monoisotopic (exact) mass is 1010 g/mol. The first-order valence-electron chi connectivity index (χ1n) is 29.2. The summed E-state index contributed by atoms with van der Waals surface area (Å²) in [7, 11) is 0. The molecule has 0 saturated heterocycles. The lowest BCUT2D eigenvalue weighted by Crippen LogP contribution is -2.64. The van der Waals surface area contributed by atoms with Crippen molar-refractivity contribution in [2.75, 3.05) is 9.80 Å². The lowest BCUT2D eigenvalue weighted by atomic mass is 9.31. The maximum Gasteiger partial charge on any atom is 0.252 e. The van der Waals surface area contributed by atoms with E-state index in [-0.39, 0.29) is 50.7 Å². The molecule has 5 aliphatic rings. The highest BCUT2D eigenvalue weighted by Crippen LogP contribution is 2.63. The molecule has 1 aromatic heterocycles. The second-order valence-corrected chi connectivity index (χ2v) is 29.2. The van der Waals surface area contributed by atoms with Gasteiger partial charge in [-0.1, -0.05) is 195 Å². The first-order chi connectivity index (χ1) is 36.3. The quantitative estimate of drug-likeness (QED) is 0.160. The summed E-state index contributed by atoms with van der Waals surface area (Å²) >= 11 is 0. The summed E-state index contributed by atoms with van der Waals surface area (Å²) in [5.41, 5.74) is 25.1. The summed E-state index contributed by atoms with van der Waals surface area (Å²) in [6.07, 6.45) is 7.04. The first-order valence-corrected chi connectivity index (χ1v) is 29.2. The van der Waals surface area contributed by atoms with E-state index < -0.39 is 0 Å². The molecule has 3 nitrogen and oxygen atoms in total. The zero-order chi connectivity index (χ0) is 54.1. The molecule has 0 spiro atoms. The Kier molecular flexibility index (Phi) is 10.9. The summed E-state index contributed by atoms with van der Waals surface area (Å²) in [5, 5.41) is 1.28. The minimum absolute atomic E-state index is 0.0137. The van der Waals surface area contributed by atoms with Crippen molar-refractivity contribution in [1.29, 1.82) is 0 Å². The zero-order valence-electron chi connectivity index (χ0n) is 49.0. The fourth-order valence-electron chi connectivity index (χ4n) is 15.2. The molecule has 7 aromatic carbocycles. The topological polar surface area (TPSA) is 19.6 Å². The number of fused-ring (bicyclic) bond motifs is 10. The Morgan fingerprint density at radius 2 is 1.06 bits per heavy atom. The van der Waals surface area contributed by atoms with Crippen LogP contribution in [0, 0.1) is 0 Å². The fraction of sp³-hybridized carbons (Fsp3) is 0.397. The molecule has 0 radical (unpaired) electrons. The minimum Gasteiger partial charge on any atom is -0.461 e. The lowest BCUT2D eigenvalue weighted by Gasteiger charge is -2.52. The molecule has 4 heterocycles. The number of nitrogens with zero attached hydrogens (tertiary/aromatic N) is 2. The maximum atomic E-state index is 7.80. The third-order valence-electron chi connectivity index (χ3n) is 20.3. The van der Waals surface area contributed by atoms with Crippen LogP contribution >= 0.6 is 0 Å². The van der Waals surface area contributed by atoms with Crippen LogP contribution in [-0.2, 0) is 32.5 Å². The molecule has 3 atom stereocenters. The highest BCUT2D eigenvalue weighted by atomic mass is 16.3. The van der Waals surface area contributed by atoms with Crippen molar-refractivity contribution in [2.45, 2.75) is 186 Å². The molecule has 3 aliphatic heterocycles. The Balaban J connectivity index is 1.18. The number of anilines is 5. The van der Waals surface area contributed by atoms with E-state index >= 15 is 0 Å². The van der Waals surface area contributed by atoms with Crippen molar-refractivity contribution < 1.29 is 4.42 Å². The average molecular weight is 1010 g/mol. The largest absolute Gasteiger partial charge is 0.461 e. The standard InChI is InChI=1S/C73H81BN2O/c1-67(2,3)48-25-23-46(24-26-48)62-55-41-53(75(51-31-27-49(28-32-51)68(4,5)6)52-33-29-50(30-34-52)69(7,8)9)42-60-63(55)74(64-54-43-56-57(44-61(54)77-66(62)64)71(12,13)38-37-70(56,10)11)59-40-47(45-21-17-16-18-22-45)39-58-65(59)76(60)73(15)36-20-19-35-72(58,73)14/h16-18,21-34,39-44,62H,19-20,35-38H2,1-15H3. The summed E-state index contributed by atoms with van der Waals surface area (Å²) in [6, 6.07) is 55.3. The number of hydrogen-bond donors (Lipinski definition) is 0. The van der Waals surface area contributed by atoms with Gasteiger partial charge in [-0.2, -0.15) is 0 Å². The molecule has 4 heteroatoms. The normalized spacial score (nSPS) is 21.8. The van der Waals surface area contributed by atoms with E-state index in [0.29, 0.717) is 0 Å². The van der Waals surface area contributed by atoms with Crippen molar-refractivity contribution in [3.8, 4) is 11.1 Å². The van der Waals surface area contributed by atoms with Gasteiger partial charge in [0.2, 0.25) is 0 Å². The van der Waals surface area contributed by atoms with Crippen LogP contribution in [0.2, 0.25) is 0 Å². The van der Waals surface area contributed by atoms with Gasteiger partial charge in [0.15, 0.2) is 0 Å². The molecule has 392 valence electrons. The SMILES string of the molecule is CC(C)(C)c1ccc(C2c3cc(N(c4ccc(C(C)(C)C)cc4)c4ccc(C(C)(C)C)cc4)cc4c3B(c3cc(-c5ccccc5)cc5c3N4C3(C)CCCCC53C)c3c2oc2cc4c(cc32)C(C)(C)CCC4(C)C)cc1. The van der Waals surface area contributed by atoms with Gasteiger partial charge in [0.05, 0.1) is 11.5 Å². The molecule has 77 heavy (non-hydrogen) atoms. The van der Waals surface area contributed by atoms with Crippen molar-refractivity contribution in [3.63, 3.8) is 0 Å². The Morgan fingerprint density at radius 3 is 1.64 bits per heavy atom. The van der Waals surface area contributed by atoms with E-state index in [4.69, 9.17) is 4.42 Å². The number of rotatable bonds is 5. The predicted octanol–water partition coefficient (Wildman–Crippen LogP) is 17.9. The van der Waals surface area contributed by atoms with Gasteiger partial charge < -0.3 is 14.2 Å². The fourth-order valence-corrected chi connectivity index (χ4v) is 15.2. The van der Waals surface area contributed by atoms with E-state index in [2.05, 4.69) is 253 Å². The van der Waals surface area contributed by atoms with E-state index in [0.717, 1.165) is 48.4 Å². The zero-order valence-corrected chi connectivity index (χ0v) is 49.0. The Bertz CT molecular complexity index is 3610. The molecule has 2 aliphatic carbocycles. The summed E-state index contributed by atoms with van der Waals surface area (Å²) < 4.78 is 7.80. The van der Waals surface area contributed by atoms with Gasteiger partial charge in [-0.15, -0.1) is 0 Å². The lowest BCUT2D eigenvalue weighted by molar-refractivity contribution is 0.195. The van der Waals surface area contributed by atoms with Crippen molar-refractivity contribution >= 4 is 62.5 Å². The number of benzene rings is 7. The Morgan fingerprint density at radius 1 is 0.519 bits per heavy atom. The van der Waals surface area contributed by atoms with E-state index in [1.807, 2.05) is 0 Å². The summed E-state index contributed by atoms with van der Waals surface area (Å²) in [6.45, 7) is 36.0. The smallest absolute Gasteiger partial charge is 0.252 e. The molecule has 0 bridgehead atoms. The summed E-state index contributed by atoms with van der Waals surface area (Å²) in [5.74, 6) is 0.937. The highest BCUT2D eigenvalue weighted by molar-refractivity contribution is 7.00. The Labute approximate surface area is 461 Å². The van der Waals surface area contributed by atoms with Crippen LogP contribution in [0.1, 0.15) is 199 Å². The molecular formula is C73H81BN2O. The van der Waals surface area contributed by atoms with Crippen LogP contribution in [0.4, 0.5) is 28.4 Å². The highest BCUT2D eigenvalue weighted by Gasteiger charge is 2.62. The van der Waals surface area contributed by atoms with Crippen LogP contribution in [0.5, 0.6) is 0 Å². The van der Waals surface area contributed by atoms with Crippen LogP contribution in [0.15, 0.2) is 144 Å². The van der Waals surface area contributed by atoms with Gasteiger partial charge in [0.1, 0.15) is 11.3 Å². The predicted molar refractivity (Wildman–Crippen MR) is 329 cm³/mol. The minimum atomic E-state index is -0.167. The van der Waals surface area contributed by atoms with Crippen molar-refractivity contribution in [3.05, 3.63) is 190 Å². The van der Waals surface area contributed by atoms with E-state index in [9.17, 15) is 0 Å². The Hall–Kier alpha value is -6.26. The second-order valence-electron chi connectivity index (χ2n) is 29.2. The second kappa shape index (κ2) is 16.6. The number of hydrogen-bond acceptors (Lipinski definition) is 3. The van der Waals surface area contributed by atoms with E-state index in [1.54, 1.807) is 0 Å². The van der Waals surface area contributed by atoms with Crippen molar-refractivity contribution in [2.24, 2.45) is 0 Å².